The molecule has 2 N–H and O–H groups in total. The summed E-state index contributed by atoms with van der Waals surface area (Å²) in [6.07, 6.45) is 2.19. The first kappa shape index (κ1) is 15.0. The minimum Gasteiger partial charge on any atom is -0.460 e. The van der Waals surface area contributed by atoms with E-state index in [2.05, 4.69) is 6.58 Å². The molecule has 0 aliphatic rings. The lowest BCUT2D eigenvalue weighted by Gasteiger charge is -2.11. The molecule has 0 heterocycles. The van der Waals surface area contributed by atoms with Crippen LogP contribution in [0, 0.1) is 5.92 Å². The van der Waals surface area contributed by atoms with E-state index in [1.54, 1.807) is 0 Å². The lowest BCUT2D eigenvalue weighted by molar-refractivity contribution is -0.144. The van der Waals surface area contributed by atoms with Crippen LogP contribution >= 0.6 is 12.4 Å². The average Bonchev–Trinajstić information content (AvgIpc) is 1.98. The molecule has 1 atom stereocenters. The first-order valence-corrected chi connectivity index (χ1v) is 4.11. The van der Waals surface area contributed by atoms with Crippen molar-refractivity contribution in [3.05, 3.63) is 12.7 Å². The first-order valence-electron chi connectivity index (χ1n) is 4.11. The van der Waals surface area contributed by atoms with Crippen molar-refractivity contribution in [2.45, 2.75) is 26.3 Å². The maximum Gasteiger partial charge on any atom is 0.323 e. The van der Waals surface area contributed by atoms with Gasteiger partial charge >= 0.3 is 5.97 Å². The quantitative estimate of drug-likeness (QED) is 0.549. The number of rotatable bonds is 5. The Morgan fingerprint density at radius 3 is 2.54 bits per heavy atom. The van der Waals surface area contributed by atoms with E-state index in [0.29, 0.717) is 12.3 Å². The molecule has 0 amide bonds. The average molecular weight is 208 g/mol. The number of esters is 1. The summed E-state index contributed by atoms with van der Waals surface area (Å²) in [5, 5.41) is 0. The Balaban J connectivity index is 0. The summed E-state index contributed by atoms with van der Waals surface area (Å²) in [5.74, 6) is 0.0693. The topological polar surface area (TPSA) is 52.3 Å². The molecule has 0 fully saturated rings. The molecule has 0 aromatic rings. The van der Waals surface area contributed by atoms with Crippen LogP contribution in [-0.2, 0) is 9.53 Å². The minimum atomic E-state index is -0.495. The fourth-order valence-electron chi connectivity index (χ4n) is 0.852. The van der Waals surface area contributed by atoms with E-state index >= 15 is 0 Å². The Morgan fingerprint density at radius 2 is 2.15 bits per heavy atom. The first-order chi connectivity index (χ1) is 5.57. The van der Waals surface area contributed by atoms with Crippen LogP contribution in [0.25, 0.3) is 0 Å². The predicted octanol–water partition coefficient (Wildman–Crippen LogP) is 1.51. The van der Waals surface area contributed by atoms with Gasteiger partial charge in [-0.05, 0) is 12.3 Å². The van der Waals surface area contributed by atoms with Gasteiger partial charge < -0.3 is 10.5 Å². The molecule has 0 unspecified atom stereocenters. The van der Waals surface area contributed by atoms with Crippen LogP contribution in [0.3, 0.4) is 0 Å². The van der Waals surface area contributed by atoms with Crippen molar-refractivity contribution in [2.24, 2.45) is 11.7 Å². The molecule has 0 bridgehead atoms. The van der Waals surface area contributed by atoms with E-state index in [1.165, 1.54) is 6.08 Å². The summed E-state index contributed by atoms with van der Waals surface area (Å²) in [6, 6.07) is -0.495. The molecule has 0 saturated carbocycles. The van der Waals surface area contributed by atoms with Gasteiger partial charge in [0.2, 0.25) is 0 Å². The number of ether oxygens (including phenoxy) is 1. The number of hydrogen-bond acceptors (Lipinski definition) is 3. The van der Waals surface area contributed by atoms with Gasteiger partial charge in [-0.15, -0.1) is 12.4 Å². The summed E-state index contributed by atoms with van der Waals surface area (Å²) >= 11 is 0. The van der Waals surface area contributed by atoms with Crippen LogP contribution in [0.15, 0.2) is 12.7 Å². The van der Waals surface area contributed by atoms with Crippen molar-refractivity contribution < 1.29 is 9.53 Å². The van der Waals surface area contributed by atoms with Crippen LogP contribution in [0.2, 0.25) is 0 Å². The maximum absolute atomic E-state index is 11.0. The second-order valence-corrected chi connectivity index (χ2v) is 3.15. The van der Waals surface area contributed by atoms with Gasteiger partial charge in [0.25, 0.3) is 0 Å². The fraction of sp³-hybridized carbons (Fsp3) is 0.667. The van der Waals surface area contributed by atoms with Gasteiger partial charge in [-0.25, -0.2) is 0 Å². The van der Waals surface area contributed by atoms with Gasteiger partial charge in [0.15, 0.2) is 0 Å². The molecule has 0 aromatic heterocycles. The van der Waals surface area contributed by atoms with Gasteiger partial charge in [0.1, 0.15) is 12.6 Å². The lowest BCUT2D eigenvalue weighted by atomic mass is 10.1. The summed E-state index contributed by atoms with van der Waals surface area (Å²) in [7, 11) is 0. The Kier molecular flexibility index (Phi) is 9.29. The highest BCUT2D eigenvalue weighted by atomic mass is 35.5. The second-order valence-electron chi connectivity index (χ2n) is 3.15. The normalized spacial score (nSPS) is 11.7. The molecule has 0 radical (unpaired) electrons. The number of halogens is 1. The number of hydrogen-bond donors (Lipinski definition) is 1. The standard InChI is InChI=1S/C9H17NO2.ClH/c1-4-5-12-9(11)8(10)6-7(2)3;/h4,7-8H,1,5-6,10H2,2-3H3;1H/t8-;/m0./s1. The molecule has 78 valence electrons. The third kappa shape index (κ3) is 7.81. The summed E-state index contributed by atoms with van der Waals surface area (Å²) in [4.78, 5) is 11.0. The van der Waals surface area contributed by atoms with Gasteiger partial charge in [0, 0.05) is 0 Å². The molecular weight excluding hydrogens is 190 g/mol. The predicted molar refractivity (Wildman–Crippen MR) is 55.8 cm³/mol. The van der Waals surface area contributed by atoms with Crippen molar-refractivity contribution in [3.63, 3.8) is 0 Å². The molecular formula is C9H18ClNO2. The molecule has 4 heteroatoms. The van der Waals surface area contributed by atoms with Crippen molar-refractivity contribution in [1.82, 2.24) is 0 Å². The van der Waals surface area contributed by atoms with Crippen molar-refractivity contribution in [1.29, 1.82) is 0 Å². The number of carbonyl (C=O) groups excluding carboxylic acids is 1. The molecule has 13 heavy (non-hydrogen) atoms. The van der Waals surface area contributed by atoms with E-state index < -0.39 is 6.04 Å². The monoisotopic (exact) mass is 207 g/mol. The lowest BCUT2D eigenvalue weighted by Crippen LogP contribution is -2.33. The number of nitrogens with two attached hydrogens (primary N) is 1. The van der Waals surface area contributed by atoms with Crippen LogP contribution in [0.1, 0.15) is 20.3 Å². The second kappa shape index (κ2) is 8.08. The summed E-state index contributed by atoms with van der Waals surface area (Å²) < 4.78 is 4.77. The van der Waals surface area contributed by atoms with Crippen molar-refractivity contribution in [3.8, 4) is 0 Å². The zero-order valence-corrected chi connectivity index (χ0v) is 8.97. The summed E-state index contributed by atoms with van der Waals surface area (Å²) in [6.45, 7) is 7.70. The van der Waals surface area contributed by atoms with Gasteiger partial charge in [0.05, 0.1) is 0 Å². The SMILES string of the molecule is C=CCOC(=O)[C@@H](N)CC(C)C.Cl. The molecule has 0 aromatic carbocycles. The van der Waals surface area contributed by atoms with Crippen LogP contribution in [0.5, 0.6) is 0 Å². The molecule has 0 aliphatic carbocycles. The van der Waals surface area contributed by atoms with Gasteiger partial charge in [-0.2, -0.15) is 0 Å². The van der Waals surface area contributed by atoms with E-state index in [-0.39, 0.29) is 25.0 Å². The van der Waals surface area contributed by atoms with Crippen LogP contribution < -0.4 is 5.73 Å². The van der Waals surface area contributed by atoms with E-state index in [0.717, 1.165) is 0 Å². The Labute approximate surface area is 85.7 Å². The molecule has 0 aliphatic heterocycles. The highest BCUT2D eigenvalue weighted by Gasteiger charge is 2.15. The van der Waals surface area contributed by atoms with E-state index in [9.17, 15) is 4.79 Å². The van der Waals surface area contributed by atoms with Gasteiger partial charge in [-0.1, -0.05) is 26.5 Å². The fourth-order valence-corrected chi connectivity index (χ4v) is 0.852. The Bertz CT molecular complexity index is 160. The third-order valence-corrected chi connectivity index (χ3v) is 1.37. The molecule has 0 rings (SSSR count). The van der Waals surface area contributed by atoms with Crippen molar-refractivity contribution in [2.75, 3.05) is 6.61 Å². The summed E-state index contributed by atoms with van der Waals surface area (Å²) in [5.41, 5.74) is 5.55. The zero-order valence-electron chi connectivity index (χ0n) is 8.16. The largest absolute Gasteiger partial charge is 0.460 e. The minimum absolute atomic E-state index is 0. The third-order valence-electron chi connectivity index (χ3n) is 1.37. The van der Waals surface area contributed by atoms with Crippen molar-refractivity contribution >= 4 is 18.4 Å². The smallest absolute Gasteiger partial charge is 0.323 e. The molecule has 3 nitrogen and oxygen atoms in total. The van der Waals surface area contributed by atoms with E-state index in [1.807, 2.05) is 13.8 Å². The highest BCUT2D eigenvalue weighted by Crippen LogP contribution is 2.03. The van der Waals surface area contributed by atoms with E-state index in [4.69, 9.17) is 10.5 Å². The molecule has 0 saturated heterocycles. The van der Waals surface area contributed by atoms with Crippen LogP contribution in [0.4, 0.5) is 0 Å². The van der Waals surface area contributed by atoms with Crippen LogP contribution in [-0.4, -0.2) is 18.6 Å². The Hall–Kier alpha value is -0.540. The highest BCUT2D eigenvalue weighted by molar-refractivity contribution is 5.85. The molecule has 0 spiro atoms. The zero-order chi connectivity index (χ0) is 9.56. The number of carbonyl (C=O) groups is 1. The van der Waals surface area contributed by atoms with Gasteiger partial charge in [-0.3, -0.25) is 4.79 Å². The maximum atomic E-state index is 11.0. The Morgan fingerprint density at radius 1 is 1.62 bits per heavy atom.